The zero-order valence-corrected chi connectivity index (χ0v) is 14.0. The summed E-state index contributed by atoms with van der Waals surface area (Å²) >= 11 is 0. The smallest absolute Gasteiger partial charge is 0.308 e. The van der Waals surface area contributed by atoms with Gasteiger partial charge in [0.05, 0.1) is 12.5 Å². The predicted molar refractivity (Wildman–Crippen MR) is 92.6 cm³/mol. The zero-order valence-electron chi connectivity index (χ0n) is 14.0. The molecule has 2 heterocycles. The van der Waals surface area contributed by atoms with E-state index in [2.05, 4.69) is 0 Å². The second-order valence-electron chi connectivity index (χ2n) is 6.42. The van der Waals surface area contributed by atoms with E-state index in [0.717, 1.165) is 11.1 Å². The fourth-order valence-corrected chi connectivity index (χ4v) is 3.15. The van der Waals surface area contributed by atoms with Gasteiger partial charge in [0.1, 0.15) is 5.56 Å². The number of hydrogen-bond acceptors (Lipinski definition) is 3. The average Bonchev–Trinajstić information content (AvgIpc) is 3.07. The van der Waals surface area contributed by atoms with Crippen molar-refractivity contribution in [2.24, 2.45) is 5.92 Å². The second-order valence-corrected chi connectivity index (χ2v) is 6.42. The Balaban J connectivity index is 1.83. The van der Waals surface area contributed by atoms with Crippen LogP contribution in [0.2, 0.25) is 0 Å². The number of aromatic nitrogens is 1. The number of carbonyl (C=O) groups is 2. The highest BCUT2D eigenvalue weighted by Crippen LogP contribution is 2.18. The Morgan fingerprint density at radius 3 is 2.72 bits per heavy atom. The lowest BCUT2D eigenvalue weighted by molar-refractivity contribution is -0.141. The van der Waals surface area contributed by atoms with E-state index in [1.165, 1.54) is 15.5 Å². The van der Waals surface area contributed by atoms with E-state index in [9.17, 15) is 14.4 Å². The fourth-order valence-electron chi connectivity index (χ4n) is 3.15. The van der Waals surface area contributed by atoms with Crippen LogP contribution < -0.4 is 5.56 Å². The molecule has 1 fully saturated rings. The van der Waals surface area contributed by atoms with E-state index in [1.54, 1.807) is 12.3 Å². The number of carboxylic acids is 1. The number of aliphatic carboxylic acids is 1. The summed E-state index contributed by atoms with van der Waals surface area (Å²) in [6.07, 6.45) is 2.08. The Bertz CT molecular complexity index is 872. The molecule has 3 rings (SSSR count). The van der Waals surface area contributed by atoms with Gasteiger partial charge in [-0.1, -0.05) is 29.8 Å². The van der Waals surface area contributed by atoms with Crippen molar-refractivity contribution in [2.75, 3.05) is 13.1 Å². The molecule has 0 bridgehead atoms. The van der Waals surface area contributed by atoms with Gasteiger partial charge in [0.2, 0.25) is 0 Å². The van der Waals surface area contributed by atoms with Gasteiger partial charge >= 0.3 is 5.97 Å². The van der Waals surface area contributed by atoms with Gasteiger partial charge in [-0.2, -0.15) is 0 Å². The fraction of sp³-hybridized carbons (Fsp3) is 0.316. The third-order valence-corrected chi connectivity index (χ3v) is 4.51. The van der Waals surface area contributed by atoms with Crippen molar-refractivity contribution >= 4 is 11.9 Å². The summed E-state index contributed by atoms with van der Waals surface area (Å²) in [7, 11) is 0. The first-order chi connectivity index (χ1) is 12.0. The first kappa shape index (κ1) is 17.0. The molecule has 1 aliphatic rings. The Kier molecular flexibility index (Phi) is 4.70. The van der Waals surface area contributed by atoms with E-state index >= 15 is 0 Å². The highest BCUT2D eigenvalue weighted by atomic mass is 16.4. The molecule has 0 aliphatic carbocycles. The average molecular weight is 340 g/mol. The van der Waals surface area contributed by atoms with E-state index in [-0.39, 0.29) is 17.7 Å². The molecule has 1 atom stereocenters. The first-order valence-electron chi connectivity index (χ1n) is 8.23. The monoisotopic (exact) mass is 340 g/mol. The lowest BCUT2D eigenvalue weighted by Crippen LogP contribution is -2.35. The van der Waals surface area contributed by atoms with E-state index in [1.807, 2.05) is 31.2 Å². The minimum Gasteiger partial charge on any atom is -0.481 e. The maximum atomic E-state index is 12.7. The zero-order chi connectivity index (χ0) is 18.0. The molecular weight excluding hydrogens is 320 g/mol. The molecule has 1 amide bonds. The molecule has 2 aromatic rings. The lowest BCUT2D eigenvalue weighted by atomic mass is 10.1. The first-order valence-corrected chi connectivity index (χ1v) is 8.23. The number of carboxylic acid groups (broad SMARTS) is 1. The molecular formula is C19H20N2O4. The van der Waals surface area contributed by atoms with Crippen molar-refractivity contribution in [2.45, 2.75) is 19.9 Å². The summed E-state index contributed by atoms with van der Waals surface area (Å²) < 4.78 is 1.51. The lowest BCUT2D eigenvalue weighted by Gasteiger charge is -2.16. The van der Waals surface area contributed by atoms with Crippen LogP contribution >= 0.6 is 0 Å². The number of benzene rings is 1. The minimum absolute atomic E-state index is 0.0844. The van der Waals surface area contributed by atoms with Gasteiger partial charge in [-0.25, -0.2) is 0 Å². The number of hydrogen-bond donors (Lipinski definition) is 1. The largest absolute Gasteiger partial charge is 0.481 e. The van der Waals surface area contributed by atoms with E-state index in [0.29, 0.717) is 19.5 Å². The molecule has 0 saturated carbocycles. The van der Waals surface area contributed by atoms with Crippen LogP contribution in [0.4, 0.5) is 0 Å². The Hall–Kier alpha value is -2.89. The number of pyridine rings is 1. The third-order valence-electron chi connectivity index (χ3n) is 4.51. The quantitative estimate of drug-likeness (QED) is 0.920. The highest BCUT2D eigenvalue weighted by Gasteiger charge is 2.32. The van der Waals surface area contributed by atoms with E-state index < -0.39 is 17.8 Å². The second kappa shape index (κ2) is 6.93. The Labute approximate surface area is 145 Å². The van der Waals surface area contributed by atoms with Gasteiger partial charge in [-0.15, -0.1) is 0 Å². The van der Waals surface area contributed by atoms with Crippen LogP contribution in [0.15, 0.2) is 47.4 Å². The minimum atomic E-state index is -0.903. The molecule has 0 radical (unpaired) electrons. The van der Waals surface area contributed by atoms with Crippen molar-refractivity contribution in [3.8, 4) is 0 Å². The maximum Gasteiger partial charge on any atom is 0.308 e. The topological polar surface area (TPSA) is 79.6 Å². The van der Waals surface area contributed by atoms with Crippen LogP contribution in [0.1, 0.15) is 27.9 Å². The van der Waals surface area contributed by atoms with Crippen LogP contribution in [0, 0.1) is 12.8 Å². The Morgan fingerprint density at radius 2 is 2.04 bits per heavy atom. The molecule has 1 aliphatic heterocycles. The van der Waals surface area contributed by atoms with Crippen molar-refractivity contribution in [1.29, 1.82) is 0 Å². The summed E-state index contributed by atoms with van der Waals surface area (Å²) in [4.78, 5) is 37.8. The Morgan fingerprint density at radius 1 is 1.24 bits per heavy atom. The molecule has 25 heavy (non-hydrogen) atoms. The summed E-state index contributed by atoms with van der Waals surface area (Å²) in [5, 5.41) is 9.06. The molecule has 6 nitrogen and oxygen atoms in total. The molecule has 1 aromatic carbocycles. The normalized spacial score (nSPS) is 16.8. The molecule has 1 aromatic heterocycles. The van der Waals surface area contributed by atoms with Crippen molar-refractivity contribution < 1.29 is 14.7 Å². The summed E-state index contributed by atoms with van der Waals surface area (Å²) in [6.45, 7) is 2.89. The van der Waals surface area contributed by atoms with Crippen LogP contribution in [0.3, 0.4) is 0 Å². The number of likely N-dealkylation sites (tertiary alicyclic amines) is 1. The van der Waals surface area contributed by atoms with Gasteiger partial charge < -0.3 is 14.6 Å². The summed E-state index contributed by atoms with van der Waals surface area (Å²) in [5.41, 5.74) is 1.82. The van der Waals surface area contributed by atoms with Crippen molar-refractivity contribution in [3.63, 3.8) is 0 Å². The predicted octanol–water partition coefficient (Wildman–Crippen LogP) is 1.75. The molecule has 0 unspecified atom stereocenters. The van der Waals surface area contributed by atoms with Crippen LogP contribution in [0.25, 0.3) is 0 Å². The van der Waals surface area contributed by atoms with Gasteiger partial charge in [-0.3, -0.25) is 14.4 Å². The number of aryl methyl sites for hydroxylation is 1. The van der Waals surface area contributed by atoms with Gasteiger partial charge in [0.25, 0.3) is 11.5 Å². The number of amides is 1. The SMILES string of the molecule is Cc1cccc(Cn2cccc(C(=O)N3CC[C@@H](C(=O)O)C3)c2=O)c1. The van der Waals surface area contributed by atoms with Gasteiger partial charge in [0, 0.05) is 19.3 Å². The summed E-state index contributed by atoms with van der Waals surface area (Å²) in [5.74, 6) is -1.85. The van der Waals surface area contributed by atoms with Crippen LogP contribution in [-0.4, -0.2) is 39.5 Å². The van der Waals surface area contributed by atoms with Gasteiger partial charge in [-0.05, 0) is 31.0 Å². The summed E-state index contributed by atoms with van der Waals surface area (Å²) in [6, 6.07) is 11.0. The number of nitrogens with zero attached hydrogens (tertiary/aromatic N) is 2. The van der Waals surface area contributed by atoms with Crippen molar-refractivity contribution in [3.05, 3.63) is 69.6 Å². The molecule has 1 saturated heterocycles. The molecule has 130 valence electrons. The highest BCUT2D eigenvalue weighted by molar-refractivity contribution is 5.94. The van der Waals surface area contributed by atoms with Crippen LogP contribution in [-0.2, 0) is 11.3 Å². The molecule has 1 N–H and O–H groups in total. The maximum absolute atomic E-state index is 12.7. The molecule has 0 spiro atoms. The standard InChI is InChI=1S/C19H20N2O4/c1-13-4-2-5-14(10-13)11-20-8-3-6-16(17(20)22)18(23)21-9-7-15(12-21)19(24)25/h2-6,8,10,15H,7,9,11-12H2,1H3,(H,24,25)/t15-/m1/s1. The molecule has 6 heteroatoms. The third kappa shape index (κ3) is 3.63. The van der Waals surface area contributed by atoms with Gasteiger partial charge in [0.15, 0.2) is 0 Å². The number of rotatable bonds is 4. The van der Waals surface area contributed by atoms with Crippen LogP contribution in [0.5, 0.6) is 0 Å². The van der Waals surface area contributed by atoms with E-state index in [4.69, 9.17) is 5.11 Å². The number of carbonyl (C=O) groups excluding carboxylic acids is 1. The van der Waals surface area contributed by atoms with Crippen molar-refractivity contribution in [1.82, 2.24) is 9.47 Å².